The van der Waals surface area contributed by atoms with Gasteiger partial charge in [-0.15, -0.1) is 0 Å². The smallest absolute Gasteiger partial charge is 0.227 e. The van der Waals surface area contributed by atoms with Crippen molar-refractivity contribution in [3.05, 3.63) is 0 Å². The van der Waals surface area contributed by atoms with E-state index in [9.17, 15) is 9.59 Å². The van der Waals surface area contributed by atoms with Crippen LogP contribution in [0.25, 0.3) is 0 Å². The van der Waals surface area contributed by atoms with Crippen LogP contribution in [0.3, 0.4) is 0 Å². The fourth-order valence-electron chi connectivity index (χ4n) is 1.89. The van der Waals surface area contributed by atoms with Gasteiger partial charge in [-0.25, -0.2) is 0 Å². The van der Waals surface area contributed by atoms with Gasteiger partial charge in [-0.05, 0) is 19.8 Å². The summed E-state index contributed by atoms with van der Waals surface area (Å²) in [5.74, 6) is -0.0243. The summed E-state index contributed by atoms with van der Waals surface area (Å²) in [5.41, 5.74) is 5.26. The molecule has 0 spiro atoms. The number of nitrogens with one attached hydrogen (secondary N) is 2. The van der Waals surface area contributed by atoms with Crippen molar-refractivity contribution in [1.29, 1.82) is 0 Å². The van der Waals surface area contributed by atoms with Crippen LogP contribution >= 0.6 is 0 Å². The number of nitrogens with two attached hydrogens (primary N) is 1. The zero-order valence-electron chi connectivity index (χ0n) is 9.84. The molecule has 0 saturated heterocycles. The van der Waals surface area contributed by atoms with Crippen LogP contribution < -0.4 is 16.4 Å². The Morgan fingerprint density at radius 3 is 2.44 bits per heavy atom. The number of hydrogen-bond acceptors (Lipinski definition) is 3. The molecule has 1 rings (SSSR count). The molecule has 0 aromatic rings. The molecule has 5 nitrogen and oxygen atoms in total. The molecule has 1 aliphatic carbocycles. The van der Waals surface area contributed by atoms with Crippen molar-refractivity contribution in [3.63, 3.8) is 0 Å². The summed E-state index contributed by atoms with van der Waals surface area (Å²) in [6, 6.07) is 0. The highest BCUT2D eigenvalue weighted by Gasteiger charge is 2.42. The van der Waals surface area contributed by atoms with E-state index < -0.39 is 0 Å². The van der Waals surface area contributed by atoms with Crippen molar-refractivity contribution in [1.82, 2.24) is 10.6 Å². The van der Waals surface area contributed by atoms with Crippen molar-refractivity contribution in [2.75, 3.05) is 19.6 Å². The van der Waals surface area contributed by atoms with E-state index in [2.05, 4.69) is 10.6 Å². The number of carbonyl (C=O) groups is 2. The third kappa shape index (κ3) is 2.95. The van der Waals surface area contributed by atoms with Gasteiger partial charge in [0.2, 0.25) is 11.8 Å². The van der Waals surface area contributed by atoms with Crippen LogP contribution in [0.4, 0.5) is 0 Å². The fourth-order valence-corrected chi connectivity index (χ4v) is 1.89. The van der Waals surface area contributed by atoms with E-state index in [-0.39, 0.29) is 17.2 Å². The average molecular weight is 227 g/mol. The van der Waals surface area contributed by atoms with Crippen LogP contribution in [-0.4, -0.2) is 31.4 Å². The second-order valence-electron chi connectivity index (χ2n) is 4.30. The van der Waals surface area contributed by atoms with Crippen LogP contribution in [0.15, 0.2) is 0 Å². The van der Waals surface area contributed by atoms with Gasteiger partial charge in [0.05, 0.1) is 5.41 Å². The highest BCUT2D eigenvalue weighted by molar-refractivity contribution is 5.84. The summed E-state index contributed by atoms with van der Waals surface area (Å²) in [7, 11) is 0. The molecule has 0 aromatic heterocycles. The minimum atomic E-state index is -0.346. The summed E-state index contributed by atoms with van der Waals surface area (Å²) in [6.45, 7) is 3.29. The molecule has 16 heavy (non-hydrogen) atoms. The highest BCUT2D eigenvalue weighted by atomic mass is 16.2. The first-order valence-electron chi connectivity index (χ1n) is 5.89. The normalized spacial score (nSPS) is 17.4. The number of rotatable bonds is 6. The largest absolute Gasteiger partial charge is 0.356 e. The molecule has 0 atom stereocenters. The number of hydrogen-bond donors (Lipinski definition) is 3. The standard InChI is InChI=1S/C11H21N3O2/c1-2-13-9(15)4-7-14-10(16)11(8-12)5-3-6-11/h2-8,12H2,1H3,(H,13,15)(H,14,16). The van der Waals surface area contributed by atoms with Gasteiger partial charge in [0.25, 0.3) is 0 Å². The van der Waals surface area contributed by atoms with Gasteiger partial charge in [0, 0.05) is 26.1 Å². The summed E-state index contributed by atoms with van der Waals surface area (Å²) in [4.78, 5) is 22.9. The lowest BCUT2D eigenvalue weighted by Crippen LogP contribution is -2.50. The summed E-state index contributed by atoms with van der Waals surface area (Å²) >= 11 is 0. The van der Waals surface area contributed by atoms with Crippen LogP contribution in [0.2, 0.25) is 0 Å². The molecule has 0 aromatic carbocycles. The molecule has 1 fully saturated rings. The van der Waals surface area contributed by atoms with Crippen molar-refractivity contribution >= 4 is 11.8 Å². The maximum Gasteiger partial charge on any atom is 0.227 e. The zero-order chi connectivity index (χ0) is 12.0. The molecular weight excluding hydrogens is 206 g/mol. The molecule has 2 amide bonds. The predicted molar refractivity (Wildman–Crippen MR) is 61.6 cm³/mol. The molecule has 1 aliphatic rings. The number of amides is 2. The monoisotopic (exact) mass is 227 g/mol. The molecule has 92 valence electrons. The van der Waals surface area contributed by atoms with Crippen LogP contribution in [-0.2, 0) is 9.59 Å². The quantitative estimate of drug-likeness (QED) is 0.585. The lowest BCUT2D eigenvalue weighted by Gasteiger charge is -2.39. The third-order valence-corrected chi connectivity index (χ3v) is 3.19. The Balaban J connectivity index is 2.22. The Labute approximate surface area is 96.1 Å². The van der Waals surface area contributed by atoms with Crippen molar-refractivity contribution in [2.45, 2.75) is 32.6 Å². The fraction of sp³-hybridized carbons (Fsp3) is 0.818. The summed E-state index contributed by atoms with van der Waals surface area (Å²) < 4.78 is 0. The van der Waals surface area contributed by atoms with Gasteiger partial charge in [0.15, 0.2) is 0 Å². The van der Waals surface area contributed by atoms with Gasteiger partial charge >= 0.3 is 0 Å². The lowest BCUT2D eigenvalue weighted by atomic mass is 9.68. The van der Waals surface area contributed by atoms with E-state index in [1.807, 2.05) is 6.92 Å². The third-order valence-electron chi connectivity index (χ3n) is 3.19. The molecule has 5 heteroatoms. The van der Waals surface area contributed by atoms with Crippen LogP contribution in [0.1, 0.15) is 32.6 Å². The van der Waals surface area contributed by atoms with E-state index in [0.29, 0.717) is 26.1 Å². The molecule has 4 N–H and O–H groups in total. The Bertz CT molecular complexity index is 256. The van der Waals surface area contributed by atoms with E-state index in [4.69, 9.17) is 5.73 Å². The van der Waals surface area contributed by atoms with E-state index in [0.717, 1.165) is 19.3 Å². The molecule has 0 unspecified atom stereocenters. The first-order chi connectivity index (χ1) is 7.64. The van der Waals surface area contributed by atoms with Gasteiger partial charge in [-0.3, -0.25) is 9.59 Å². The first-order valence-corrected chi connectivity index (χ1v) is 5.89. The van der Waals surface area contributed by atoms with Gasteiger partial charge in [0.1, 0.15) is 0 Å². The van der Waals surface area contributed by atoms with Crippen molar-refractivity contribution in [3.8, 4) is 0 Å². The summed E-state index contributed by atoms with van der Waals surface area (Å²) in [5, 5.41) is 5.47. The lowest BCUT2D eigenvalue weighted by molar-refractivity contribution is -0.135. The SMILES string of the molecule is CCNC(=O)CCNC(=O)C1(CN)CCC1. The first kappa shape index (κ1) is 13.0. The zero-order valence-corrected chi connectivity index (χ0v) is 9.84. The van der Waals surface area contributed by atoms with E-state index in [1.54, 1.807) is 0 Å². The van der Waals surface area contributed by atoms with E-state index in [1.165, 1.54) is 0 Å². The Hall–Kier alpha value is -1.10. The molecular formula is C11H21N3O2. The van der Waals surface area contributed by atoms with Crippen LogP contribution in [0.5, 0.6) is 0 Å². The second kappa shape index (κ2) is 5.84. The Morgan fingerprint density at radius 1 is 1.31 bits per heavy atom. The summed E-state index contributed by atoms with van der Waals surface area (Å²) in [6.07, 6.45) is 3.15. The maximum atomic E-state index is 11.8. The minimum absolute atomic E-state index is 0.00514. The maximum absolute atomic E-state index is 11.8. The molecule has 0 aliphatic heterocycles. The predicted octanol–water partition coefficient (Wildman–Crippen LogP) is -0.242. The van der Waals surface area contributed by atoms with Gasteiger partial charge < -0.3 is 16.4 Å². The minimum Gasteiger partial charge on any atom is -0.356 e. The Morgan fingerprint density at radius 2 is 2.00 bits per heavy atom. The topological polar surface area (TPSA) is 84.2 Å². The van der Waals surface area contributed by atoms with Crippen LogP contribution in [0, 0.1) is 5.41 Å². The van der Waals surface area contributed by atoms with Gasteiger partial charge in [-0.1, -0.05) is 6.42 Å². The van der Waals surface area contributed by atoms with E-state index >= 15 is 0 Å². The molecule has 0 radical (unpaired) electrons. The Kier molecular flexibility index (Phi) is 4.73. The molecule has 0 bridgehead atoms. The average Bonchev–Trinajstić information content (AvgIpc) is 2.17. The molecule has 0 heterocycles. The molecule has 1 saturated carbocycles. The highest BCUT2D eigenvalue weighted by Crippen LogP contribution is 2.39. The van der Waals surface area contributed by atoms with Crippen molar-refractivity contribution < 1.29 is 9.59 Å². The number of carbonyl (C=O) groups excluding carboxylic acids is 2. The second-order valence-corrected chi connectivity index (χ2v) is 4.30. The van der Waals surface area contributed by atoms with Gasteiger partial charge in [-0.2, -0.15) is 0 Å². The van der Waals surface area contributed by atoms with Crippen molar-refractivity contribution in [2.24, 2.45) is 11.1 Å².